The molecule has 5 aromatic carbocycles. The fourth-order valence-corrected chi connectivity index (χ4v) is 6.19. The Labute approximate surface area is 301 Å². The molecule has 0 aliphatic carbocycles. The molecule has 11 heteroatoms. The maximum Gasteiger partial charge on any atom is 0.418 e. The van der Waals surface area contributed by atoms with Gasteiger partial charge in [-0.2, -0.15) is 13.2 Å². The predicted octanol–water partition coefficient (Wildman–Crippen LogP) is 9.85. The molecule has 0 aliphatic heterocycles. The Bertz CT molecular complexity index is 2190. The van der Waals surface area contributed by atoms with Crippen LogP contribution in [0.1, 0.15) is 32.5 Å². The van der Waals surface area contributed by atoms with Crippen LogP contribution in [0.15, 0.2) is 167 Å². The molecule has 0 fully saturated rings. The number of benzene rings is 5. The summed E-state index contributed by atoms with van der Waals surface area (Å²) >= 11 is 1.14. The maximum absolute atomic E-state index is 13.6. The summed E-state index contributed by atoms with van der Waals surface area (Å²) in [6, 6.07) is 41.5. The standard InChI is InChI=1S/C41H30F3N3O4S/c42-41(43,44)33-18-10-11-19-34(33)46-40(50)37(28-14-6-2-7-15-28)52-32-23-20-30(21-24-32)45-39(49)35(47-38(48)29-16-8-3-9-17-29)26-31-22-25-36(51-31)27-12-4-1-5-13-27/h1-26,37H,(H,45,49)(H,46,50)(H,47,48)/b35-26-/t37-/m1/s1. The normalized spacial score (nSPS) is 12.1. The Balaban J connectivity index is 1.21. The number of rotatable bonds is 11. The van der Waals surface area contributed by atoms with E-state index in [2.05, 4.69) is 16.0 Å². The number of anilines is 2. The van der Waals surface area contributed by atoms with Crippen molar-refractivity contribution in [3.05, 3.63) is 180 Å². The Morgan fingerprint density at radius 2 is 1.29 bits per heavy atom. The summed E-state index contributed by atoms with van der Waals surface area (Å²) in [5.74, 6) is -0.824. The van der Waals surface area contributed by atoms with Gasteiger partial charge in [-0.05, 0) is 66.2 Å². The Hall–Kier alpha value is -6.33. The molecule has 7 nitrogen and oxygen atoms in total. The van der Waals surface area contributed by atoms with Gasteiger partial charge in [0.15, 0.2) is 0 Å². The summed E-state index contributed by atoms with van der Waals surface area (Å²) in [4.78, 5) is 40.8. The molecule has 1 heterocycles. The van der Waals surface area contributed by atoms with Crippen LogP contribution >= 0.6 is 11.8 Å². The molecule has 260 valence electrons. The maximum atomic E-state index is 13.6. The monoisotopic (exact) mass is 717 g/mol. The Morgan fingerprint density at radius 1 is 0.673 bits per heavy atom. The average Bonchev–Trinajstić information content (AvgIpc) is 3.63. The molecule has 0 unspecified atom stereocenters. The van der Waals surface area contributed by atoms with Crippen LogP contribution < -0.4 is 16.0 Å². The lowest BCUT2D eigenvalue weighted by atomic mass is 10.1. The quantitative estimate of drug-likeness (QED) is 0.0916. The van der Waals surface area contributed by atoms with Gasteiger partial charge in [0.25, 0.3) is 11.8 Å². The van der Waals surface area contributed by atoms with Crippen molar-refractivity contribution in [2.45, 2.75) is 16.3 Å². The smallest absolute Gasteiger partial charge is 0.418 e. The lowest BCUT2D eigenvalue weighted by Gasteiger charge is -2.19. The number of carbonyl (C=O) groups excluding carboxylic acids is 3. The lowest BCUT2D eigenvalue weighted by Crippen LogP contribution is -2.30. The van der Waals surface area contributed by atoms with E-state index in [0.29, 0.717) is 33.2 Å². The number of alkyl halides is 3. The van der Waals surface area contributed by atoms with E-state index >= 15 is 0 Å². The van der Waals surface area contributed by atoms with Gasteiger partial charge in [-0.15, -0.1) is 11.8 Å². The summed E-state index contributed by atoms with van der Waals surface area (Å²) in [7, 11) is 0. The van der Waals surface area contributed by atoms with Crippen molar-refractivity contribution >= 4 is 46.9 Å². The molecule has 0 bridgehead atoms. The summed E-state index contributed by atoms with van der Waals surface area (Å²) in [6.07, 6.45) is -3.21. The van der Waals surface area contributed by atoms with Gasteiger partial charge in [-0.1, -0.05) is 91.0 Å². The zero-order valence-corrected chi connectivity index (χ0v) is 28.1. The van der Waals surface area contributed by atoms with E-state index in [1.807, 2.05) is 30.3 Å². The van der Waals surface area contributed by atoms with E-state index < -0.39 is 34.7 Å². The van der Waals surface area contributed by atoms with E-state index in [-0.39, 0.29) is 11.4 Å². The zero-order chi connectivity index (χ0) is 36.5. The van der Waals surface area contributed by atoms with Crippen molar-refractivity contribution in [1.29, 1.82) is 0 Å². The van der Waals surface area contributed by atoms with Gasteiger partial charge in [0.05, 0.1) is 11.3 Å². The number of para-hydroxylation sites is 1. The number of nitrogens with one attached hydrogen (secondary N) is 3. The number of halogens is 3. The highest BCUT2D eigenvalue weighted by atomic mass is 32.2. The first kappa shape index (κ1) is 35.5. The van der Waals surface area contributed by atoms with Crippen molar-refractivity contribution in [3.8, 4) is 11.3 Å². The SMILES string of the molecule is O=C(Nc1ccc(S[C@@H](C(=O)Nc2ccccc2C(F)(F)F)c2ccccc2)cc1)/C(=C/c1ccc(-c2ccccc2)o1)NC(=O)c1ccccc1. The number of hydrogen-bond acceptors (Lipinski definition) is 5. The Kier molecular flexibility index (Phi) is 11.0. The zero-order valence-electron chi connectivity index (χ0n) is 27.3. The van der Waals surface area contributed by atoms with Gasteiger partial charge in [0.1, 0.15) is 22.5 Å². The highest BCUT2D eigenvalue weighted by Crippen LogP contribution is 2.39. The summed E-state index contributed by atoms with van der Waals surface area (Å²) in [6.45, 7) is 0. The van der Waals surface area contributed by atoms with E-state index in [9.17, 15) is 27.6 Å². The first-order chi connectivity index (χ1) is 25.1. The van der Waals surface area contributed by atoms with Gasteiger partial charge >= 0.3 is 6.18 Å². The van der Waals surface area contributed by atoms with Gasteiger partial charge in [-0.3, -0.25) is 14.4 Å². The van der Waals surface area contributed by atoms with E-state index in [1.54, 1.807) is 97.1 Å². The molecule has 52 heavy (non-hydrogen) atoms. The molecule has 1 aromatic heterocycles. The van der Waals surface area contributed by atoms with E-state index in [0.717, 1.165) is 23.4 Å². The molecule has 6 rings (SSSR count). The highest BCUT2D eigenvalue weighted by Gasteiger charge is 2.34. The van der Waals surface area contributed by atoms with E-state index in [4.69, 9.17) is 4.42 Å². The van der Waals surface area contributed by atoms with Crippen LogP contribution in [0.2, 0.25) is 0 Å². The average molecular weight is 718 g/mol. The fourth-order valence-electron chi connectivity index (χ4n) is 5.16. The van der Waals surface area contributed by atoms with Gasteiger partial charge in [0.2, 0.25) is 5.91 Å². The molecule has 0 saturated carbocycles. The van der Waals surface area contributed by atoms with Crippen LogP contribution in [0.3, 0.4) is 0 Å². The van der Waals surface area contributed by atoms with Crippen LogP contribution in [0, 0.1) is 0 Å². The van der Waals surface area contributed by atoms with Crippen LogP contribution in [0.25, 0.3) is 17.4 Å². The fraction of sp³-hybridized carbons (Fsp3) is 0.0488. The molecule has 0 radical (unpaired) electrons. The van der Waals surface area contributed by atoms with Crippen molar-refractivity contribution in [2.24, 2.45) is 0 Å². The summed E-state index contributed by atoms with van der Waals surface area (Å²) in [5.41, 5.74) is 0.818. The highest BCUT2D eigenvalue weighted by molar-refractivity contribution is 8.00. The largest absolute Gasteiger partial charge is 0.457 e. The third kappa shape index (κ3) is 9.06. The first-order valence-electron chi connectivity index (χ1n) is 16.0. The molecule has 0 spiro atoms. The number of carbonyl (C=O) groups is 3. The molecular formula is C41H30F3N3O4S. The molecule has 3 N–H and O–H groups in total. The molecular weight excluding hydrogens is 688 g/mol. The van der Waals surface area contributed by atoms with Crippen molar-refractivity contribution in [1.82, 2.24) is 5.32 Å². The summed E-state index contributed by atoms with van der Waals surface area (Å²) < 4.78 is 46.9. The predicted molar refractivity (Wildman–Crippen MR) is 196 cm³/mol. The van der Waals surface area contributed by atoms with Gasteiger partial charge < -0.3 is 20.4 Å². The van der Waals surface area contributed by atoms with Crippen molar-refractivity contribution < 1.29 is 32.0 Å². The number of furan rings is 1. The summed E-state index contributed by atoms with van der Waals surface area (Å²) in [5, 5.41) is 7.03. The van der Waals surface area contributed by atoms with Crippen LogP contribution in [0.5, 0.6) is 0 Å². The Morgan fingerprint density at radius 3 is 1.96 bits per heavy atom. The molecule has 0 saturated heterocycles. The second-order valence-corrected chi connectivity index (χ2v) is 12.5. The minimum atomic E-state index is -4.65. The number of amides is 3. The molecule has 6 aromatic rings. The van der Waals surface area contributed by atoms with Crippen molar-refractivity contribution in [3.63, 3.8) is 0 Å². The number of hydrogen-bond donors (Lipinski definition) is 3. The second kappa shape index (κ2) is 16.1. The minimum Gasteiger partial charge on any atom is -0.457 e. The molecule has 3 amide bonds. The van der Waals surface area contributed by atoms with E-state index in [1.165, 1.54) is 24.3 Å². The molecule has 0 aliphatic rings. The topological polar surface area (TPSA) is 100 Å². The van der Waals surface area contributed by atoms with Crippen LogP contribution in [0.4, 0.5) is 24.5 Å². The van der Waals surface area contributed by atoms with Crippen LogP contribution in [-0.4, -0.2) is 17.7 Å². The second-order valence-electron chi connectivity index (χ2n) is 11.4. The third-order valence-electron chi connectivity index (χ3n) is 7.70. The third-order valence-corrected chi connectivity index (χ3v) is 8.96. The van der Waals surface area contributed by atoms with Gasteiger partial charge in [0, 0.05) is 27.8 Å². The first-order valence-corrected chi connectivity index (χ1v) is 16.9. The molecule has 1 atom stereocenters. The number of thioether (sulfide) groups is 1. The lowest BCUT2D eigenvalue weighted by molar-refractivity contribution is -0.137. The van der Waals surface area contributed by atoms with Crippen molar-refractivity contribution in [2.75, 3.05) is 10.6 Å². The minimum absolute atomic E-state index is 0.0683. The van der Waals surface area contributed by atoms with Gasteiger partial charge in [-0.25, -0.2) is 0 Å². The van der Waals surface area contributed by atoms with Crippen LogP contribution in [-0.2, 0) is 15.8 Å².